The Morgan fingerprint density at radius 3 is 2.42 bits per heavy atom. The number of unbranched alkanes of at least 4 members (excludes halogenated alkanes) is 1. The third-order valence-electron chi connectivity index (χ3n) is 6.67. The molecule has 1 amide bonds. The topological polar surface area (TPSA) is 69.7 Å². The van der Waals surface area contributed by atoms with Gasteiger partial charge in [-0.25, -0.2) is 8.42 Å². The largest absolute Gasteiger partial charge is 0.368 e. The van der Waals surface area contributed by atoms with Crippen LogP contribution in [0, 0.1) is 11.8 Å². The van der Waals surface area contributed by atoms with Crippen LogP contribution in [-0.4, -0.2) is 57.1 Å². The molecule has 1 heterocycles. The van der Waals surface area contributed by atoms with Crippen molar-refractivity contribution in [2.45, 2.75) is 51.9 Å². The zero-order chi connectivity index (χ0) is 22.3. The maximum atomic E-state index is 12.7. The minimum Gasteiger partial charge on any atom is -0.368 e. The van der Waals surface area contributed by atoms with Gasteiger partial charge in [0.2, 0.25) is 15.9 Å². The number of carbonyl (C=O) groups is 1. The van der Waals surface area contributed by atoms with Gasteiger partial charge in [-0.2, -0.15) is 4.31 Å². The predicted molar refractivity (Wildman–Crippen MR) is 127 cm³/mol. The highest BCUT2D eigenvalue weighted by atomic mass is 35.5. The minimum absolute atomic E-state index is 0.0210. The van der Waals surface area contributed by atoms with Gasteiger partial charge < -0.3 is 10.2 Å². The quantitative estimate of drug-likeness (QED) is 0.595. The average molecular weight is 470 g/mol. The Morgan fingerprint density at radius 2 is 1.77 bits per heavy atom. The van der Waals surface area contributed by atoms with Crippen molar-refractivity contribution in [2.75, 3.05) is 43.4 Å². The number of para-hydroxylation sites is 1. The second-order valence-corrected chi connectivity index (χ2v) is 11.3. The van der Waals surface area contributed by atoms with Gasteiger partial charge in [-0.1, -0.05) is 49.9 Å². The molecule has 6 nitrogen and oxygen atoms in total. The van der Waals surface area contributed by atoms with Gasteiger partial charge in [0.05, 0.1) is 16.5 Å². The van der Waals surface area contributed by atoms with Crippen molar-refractivity contribution >= 4 is 33.2 Å². The Balaban J connectivity index is 1.39. The highest BCUT2D eigenvalue weighted by molar-refractivity contribution is 7.89. The third-order valence-corrected chi connectivity index (χ3v) is 8.86. The Bertz CT molecular complexity index is 817. The molecule has 1 saturated carbocycles. The van der Waals surface area contributed by atoms with E-state index in [4.69, 9.17) is 11.6 Å². The number of benzene rings is 1. The number of nitrogens with zero attached hydrogens (tertiary/aromatic N) is 2. The van der Waals surface area contributed by atoms with Gasteiger partial charge in [-0.3, -0.25) is 4.79 Å². The Kier molecular flexibility index (Phi) is 9.05. The molecule has 31 heavy (non-hydrogen) atoms. The Hall–Kier alpha value is -1.31. The molecule has 1 aromatic carbocycles. The molecule has 1 aliphatic carbocycles. The van der Waals surface area contributed by atoms with E-state index < -0.39 is 10.0 Å². The maximum Gasteiger partial charge on any atom is 0.223 e. The first-order chi connectivity index (χ1) is 14.9. The number of rotatable bonds is 9. The molecule has 0 spiro atoms. The molecule has 0 unspecified atom stereocenters. The summed E-state index contributed by atoms with van der Waals surface area (Å²) in [6, 6.07) is 7.63. The molecular weight excluding hydrogens is 434 g/mol. The third kappa shape index (κ3) is 6.83. The summed E-state index contributed by atoms with van der Waals surface area (Å²) in [5.74, 6) is 0.776. The first-order valence-corrected chi connectivity index (χ1v) is 13.6. The van der Waals surface area contributed by atoms with Gasteiger partial charge in [0, 0.05) is 38.6 Å². The second-order valence-electron chi connectivity index (χ2n) is 8.80. The zero-order valence-electron chi connectivity index (χ0n) is 18.6. The van der Waals surface area contributed by atoms with Crippen LogP contribution < -0.4 is 10.2 Å². The monoisotopic (exact) mass is 469 g/mol. The predicted octanol–water partition coefficient (Wildman–Crippen LogP) is 3.90. The number of halogens is 1. The van der Waals surface area contributed by atoms with Crippen molar-refractivity contribution in [1.29, 1.82) is 0 Å². The Labute approximate surface area is 192 Å². The number of carbonyl (C=O) groups excluding carboxylic acids is 1. The molecule has 1 N–H and O–H groups in total. The van der Waals surface area contributed by atoms with Gasteiger partial charge in [0.15, 0.2) is 0 Å². The molecule has 0 aromatic heterocycles. The number of hydrogen-bond donors (Lipinski definition) is 1. The molecule has 8 heteroatoms. The second kappa shape index (κ2) is 11.5. The van der Waals surface area contributed by atoms with Crippen LogP contribution in [0.15, 0.2) is 24.3 Å². The minimum atomic E-state index is -3.39. The first-order valence-electron chi connectivity index (χ1n) is 11.7. The molecule has 1 aliphatic heterocycles. The summed E-state index contributed by atoms with van der Waals surface area (Å²) in [7, 11) is -3.39. The first kappa shape index (κ1) is 24.3. The smallest absolute Gasteiger partial charge is 0.223 e. The molecule has 3 rings (SSSR count). The van der Waals surface area contributed by atoms with E-state index in [0.29, 0.717) is 31.2 Å². The van der Waals surface area contributed by atoms with Gasteiger partial charge in [0.1, 0.15) is 0 Å². The summed E-state index contributed by atoms with van der Waals surface area (Å²) in [6.07, 6.45) is 7.86. The lowest BCUT2D eigenvalue weighted by Crippen LogP contribution is -2.50. The molecular formula is C23H36ClN3O3S. The molecule has 174 valence electrons. The number of amides is 1. The number of hydrogen-bond acceptors (Lipinski definition) is 4. The van der Waals surface area contributed by atoms with Gasteiger partial charge in [-0.05, 0) is 43.7 Å². The fourth-order valence-electron chi connectivity index (χ4n) is 4.70. The van der Waals surface area contributed by atoms with Crippen molar-refractivity contribution < 1.29 is 13.2 Å². The standard InChI is InChI=1S/C23H36ClN3O3S/c1-2-3-6-19-9-11-20(12-10-19)23(28)25-13-18-31(29,30)27-16-14-26(15-17-27)22-8-5-4-7-21(22)24/h4-5,7-8,19-20H,2-3,6,9-18H2,1H3,(H,25,28). The maximum absolute atomic E-state index is 12.7. The molecule has 1 aromatic rings. The number of nitrogens with one attached hydrogen (secondary N) is 1. The summed E-state index contributed by atoms with van der Waals surface area (Å²) in [4.78, 5) is 14.6. The van der Waals surface area contributed by atoms with Gasteiger partial charge in [0.25, 0.3) is 0 Å². The van der Waals surface area contributed by atoms with Crippen molar-refractivity contribution in [3.63, 3.8) is 0 Å². The zero-order valence-corrected chi connectivity index (χ0v) is 20.1. The lowest BCUT2D eigenvalue weighted by molar-refractivity contribution is -0.126. The molecule has 1 saturated heterocycles. The molecule has 2 aliphatic rings. The lowest BCUT2D eigenvalue weighted by atomic mass is 9.79. The summed E-state index contributed by atoms with van der Waals surface area (Å²) in [6.45, 7) is 4.48. The molecule has 0 atom stereocenters. The van der Waals surface area contributed by atoms with E-state index in [-0.39, 0.29) is 24.1 Å². The van der Waals surface area contributed by atoms with Crippen molar-refractivity contribution in [3.05, 3.63) is 29.3 Å². The van der Waals surface area contributed by atoms with Gasteiger partial charge >= 0.3 is 0 Å². The fraction of sp³-hybridized carbons (Fsp3) is 0.696. The van der Waals surface area contributed by atoms with Gasteiger partial charge in [-0.15, -0.1) is 0 Å². The average Bonchev–Trinajstić information content (AvgIpc) is 2.78. The number of anilines is 1. The van der Waals surface area contributed by atoms with E-state index >= 15 is 0 Å². The van der Waals surface area contributed by atoms with E-state index in [2.05, 4.69) is 17.1 Å². The molecule has 2 fully saturated rings. The van der Waals surface area contributed by atoms with E-state index in [9.17, 15) is 13.2 Å². The van der Waals surface area contributed by atoms with Crippen LogP contribution in [0.25, 0.3) is 0 Å². The lowest BCUT2D eigenvalue weighted by Gasteiger charge is -2.35. The van der Waals surface area contributed by atoms with Crippen molar-refractivity contribution in [1.82, 2.24) is 9.62 Å². The van der Waals surface area contributed by atoms with E-state index in [1.807, 2.05) is 24.3 Å². The summed E-state index contributed by atoms with van der Waals surface area (Å²) >= 11 is 6.26. The van der Waals surface area contributed by atoms with Crippen LogP contribution in [0.2, 0.25) is 5.02 Å². The van der Waals surface area contributed by atoms with Crippen LogP contribution in [-0.2, 0) is 14.8 Å². The Morgan fingerprint density at radius 1 is 1.10 bits per heavy atom. The molecule has 0 bridgehead atoms. The van der Waals surface area contributed by atoms with Crippen LogP contribution in [0.3, 0.4) is 0 Å². The SMILES string of the molecule is CCCCC1CCC(C(=O)NCCS(=O)(=O)N2CCN(c3ccccc3Cl)CC2)CC1. The highest BCUT2D eigenvalue weighted by Gasteiger charge is 2.29. The fourth-order valence-corrected chi connectivity index (χ4v) is 6.29. The van der Waals surface area contributed by atoms with E-state index in [1.54, 1.807) is 0 Å². The molecule has 0 radical (unpaired) electrons. The van der Waals surface area contributed by atoms with Crippen LogP contribution in [0.5, 0.6) is 0 Å². The van der Waals surface area contributed by atoms with Crippen LogP contribution in [0.4, 0.5) is 5.69 Å². The highest BCUT2D eigenvalue weighted by Crippen LogP contribution is 2.32. The van der Waals surface area contributed by atoms with Crippen LogP contribution >= 0.6 is 11.6 Å². The van der Waals surface area contributed by atoms with E-state index in [0.717, 1.165) is 37.3 Å². The normalized spacial score (nSPS) is 23.0. The summed E-state index contributed by atoms with van der Waals surface area (Å²) in [5, 5.41) is 3.56. The van der Waals surface area contributed by atoms with Crippen molar-refractivity contribution in [2.24, 2.45) is 11.8 Å². The number of sulfonamides is 1. The summed E-state index contributed by atoms with van der Waals surface area (Å²) in [5.41, 5.74) is 0.942. The van der Waals surface area contributed by atoms with Crippen molar-refractivity contribution in [3.8, 4) is 0 Å². The number of piperazine rings is 1. The van der Waals surface area contributed by atoms with Crippen LogP contribution in [0.1, 0.15) is 51.9 Å². The summed E-state index contributed by atoms with van der Waals surface area (Å²) < 4.78 is 27.0. The van der Waals surface area contributed by atoms with E-state index in [1.165, 1.54) is 23.6 Å².